The minimum Gasteiger partial charge on any atom is -0.543 e. The van der Waals surface area contributed by atoms with E-state index in [-0.39, 0.29) is 33.7 Å². The summed E-state index contributed by atoms with van der Waals surface area (Å²) in [5, 5.41) is 44.3. The second-order valence-corrected chi connectivity index (χ2v) is 30.0. The van der Waals surface area contributed by atoms with Gasteiger partial charge in [0.25, 0.3) is 0 Å². The standard InChI is InChI=1S/C31H45ClN4O3Si2.C19H17ClN4O3/c1-20-24(17-18-25(33-9)26(20)32)34-27(21(2)38-40(10,11)30(3,4)5)29-36-35-28(37-29)22-15-14-16-23(19-22)39-41(12,13)31(6,7)8;1-10-14(7-8-15(21-3)16(10)20)22-17(11(2)25)19-24-23-18(27-19)12-5-4-6-13(26)9-12/h14-19,21,27,34H,1-8,10-13H3;4-9,11,17,22,25-26H,1-2H3/t21-,27+;11-,17+/m00/s1. The maximum Gasteiger partial charge on any atom is 0.250 e. The molecule has 14 nitrogen and oxygen atoms in total. The van der Waals surface area contributed by atoms with Crippen molar-refractivity contribution in [2.24, 2.45) is 0 Å². The van der Waals surface area contributed by atoms with Gasteiger partial charge >= 0.3 is 0 Å². The number of aromatic hydroxyl groups is 1. The number of hydrogen-bond acceptors (Lipinski definition) is 12. The first kappa shape index (κ1) is 53.2. The van der Waals surface area contributed by atoms with Crippen LogP contribution < -0.4 is 15.1 Å². The maximum absolute atomic E-state index is 10.2. The molecule has 0 aliphatic rings. The molecule has 68 heavy (non-hydrogen) atoms. The van der Waals surface area contributed by atoms with Crippen molar-refractivity contribution in [1.82, 2.24) is 20.4 Å². The van der Waals surface area contributed by atoms with Gasteiger partial charge in [0.2, 0.25) is 43.3 Å². The fourth-order valence-electron chi connectivity index (χ4n) is 6.37. The largest absolute Gasteiger partial charge is 0.543 e. The quantitative estimate of drug-likeness (QED) is 0.0603. The fraction of sp³-hybridized carbons (Fsp3) is 0.400. The Bertz CT molecular complexity index is 2800. The Hall–Kier alpha value is -5.73. The van der Waals surface area contributed by atoms with E-state index in [9.17, 15) is 10.2 Å². The van der Waals surface area contributed by atoms with Gasteiger partial charge < -0.3 is 38.5 Å². The molecule has 18 heteroatoms. The Morgan fingerprint density at radius 3 is 1.57 bits per heavy atom. The van der Waals surface area contributed by atoms with E-state index in [2.05, 4.69) is 108 Å². The van der Waals surface area contributed by atoms with Gasteiger partial charge in [-0.2, -0.15) is 0 Å². The van der Waals surface area contributed by atoms with Gasteiger partial charge in [-0.1, -0.05) is 89.0 Å². The highest BCUT2D eigenvalue weighted by Crippen LogP contribution is 2.42. The molecule has 2 aromatic heterocycles. The first-order valence-electron chi connectivity index (χ1n) is 22.2. The van der Waals surface area contributed by atoms with Crippen molar-refractivity contribution in [3.8, 4) is 34.4 Å². The molecular weight excluding hydrogens is 936 g/mol. The molecule has 6 aromatic rings. The summed E-state index contributed by atoms with van der Waals surface area (Å²) in [7, 11) is -4.15. The predicted molar refractivity (Wildman–Crippen MR) is 276 cm³/mol. The molecule has 360 valence electrons. The van der Waals surface area contributed by atoms with Gasteiger partial charge in [-0.05, 0) is 124 Å². The van der Waals surface area contributed by atoms with Crippen LogP contribution in [0.4, 0.5) is 22.7 Å². The van der Waals surface area contributed by atoms with Crippen LogP contribution in [0.3, 0.4) is 0 Å². The molecular formula is C50H62Cl2N8O6Si2. The zero-order valence-corrected chi connectivity index (χ0v) is 44.7. The number of anilines is 2. The lowest BCUT2D eigenvalue weighted by Gasteiger charge is -2.40. The van der Waals surface area contributed by atoms with Crippen LogP contribution in [0.1, 0.15) is 90.4 Å². The number of phenolic OH excluding ortho intramolecular Hbond substituents is 1. The number of rotatable bonds is 14. The topological polar surface area (TPSA) is 170 Å². The van der Waals surface area contributed by atoms with Gasteiger partial charge in [-0.15, -0.1) is 20.4 Å². The molecule has 0 spiro atoms. The van der Waals surface area contributed by atoms with Gasteiger partial charge in [-0.25, -0.2) is 9.69 Å². The second kappa shape index (κ2) is 21.3. The third-order valence-corrected chi connectivity index (χ3v) is 22.5. The monoisotopic (exact) mass is 996 g/mol. The summed E-state index contributed by atoms with van der Waals surface area (Å²) in [6.07, 6.45) is -1.14. The average Bonchev–Trinajstić information content (AvgIpc) is 3.95. The Morgan fingerprint density at radius 1 is 0.662 bits per heavy atom. The highest BCUT2D eigenvalue weighted by molar-refractivity contribution is 6.75. The molecule has 4 aromatic carbocycles. The fourth-order valence-corrected chi connectivity index (χ4v) is 9.23. The highest BCUT2D eigenvalue weighted by atomic mass is 35.5. The van der Waals surface area contributed by atoms with Crippen LogP contribution >= 0.6 is 23.2 Å². The summed E-state index contributed by atoms with van der Waals surface area (Å²) < 4.78 is 25.3. The normalized spacial score (nSPS) is 13.8. The Morgan fingerprint density at radius 2 is 1.12 bits per heavy atom. The van der Waals surface area contributed by atoms with E-state index in [1.165, 1.54) is 6.07 Å². The minimum atomic E-state index is -2.13. The summed E-state index contributed by atoms with van der Waals surface area (Å²) in [5.74, 6) is 2.11. The number of nitrogens with zero attached hydrogens (tertiary/aromatic N) is 6. The number of benzene rings is 4. The Kier molecular flexibility index (Phi) is 16.7. The summed E-state index contributed by atoms with van der Waals surface area (Å²) in [5.41, 5.74) is 5.02. The lowest BCUT2D eigenvalue weighted by molar-refractivity contribution is 0.159. The number of phenols is 1. The van der Waals surface area contributed by atoms with E-state index in [0.717, 1.165) is 22.6 Å². The van der Waals surface area contributed by atoms with E-state index in [0.29, 0.717) is 50.0 Å². The number of halogens is 2. The predicted octanol–water partition coefficient (Wildman–Crippen LogP) is 14.7. The smallest absolute Gasteiger partial charge is 0.250 e. The molecule has 2 heterocycles. The van der Waals surface area contributed by atoms with E-state index in [1.807, 2.05) is 44.2 Å². The molecule has 0 saturated heterocycles. The number of aliphatic hydroxyl groups is 1. The van der Waals surface area contributed by atoms with Crippen molar-refractivity contribution < 1.29 is 27.9 Å². The lowest BCUT2D eigenvalue weighted by atomic mass is 10.1. The molecule has 0 aliphatic heterocycles. The number of aromatic nitrogens is 4. The third-order valence-electron chi connectivity index (χ3n) is 12.6. The molecule has 0 bridgehead atoms. The summed E-state index contributed by atoms with van der Waals surface area (Å²) in [6, 6.07) is 20.0. The SMILES string of the molecule is [C-]#[N+]c1ccc(N[C@@H](c2nnc(-c3cccc(O)c3)o2)[C@H](C)O)c(C)c1Cl.[C-]#[N+]c1ccc(N[C@@H](c2nnc(-c3cccc(O[Si](C)(C)C(C)(C)C)c3)o2)[C@H](C)O[Si](C)(C)C(C)(C)C)c(C)c1Cl. The zero-order chi connectivity index (χ0) is 50.5. The van der Waals surface area contributed by atoms with Gasteiger partial charge in [0.05, 0.1) is 35.4 Å². The lowest BCUT2D eigenvalue weighted by Crippen LogP contribution is -2.45. The van der Waals surface area contributed by atoms with Crippen LogP contribution in [0.15, 0.2) is 81.6 Å². The number of nitrogens with one attached hydrogen (secondary N) is 2. The summed E-state index contributed by atoms with van der Waals surface area (Å²) in [4.78, 5) is 6.89. The number of aliphatic hydroxyl groups excluding tert-OH is 1. The summed E-state index contributed by atoms with van der Waals surface area (Å²) in [6.45, 7) is 44.0. The van der Waals surface area contributed by atoms with E-state index < -0.39 is 34.8 Å². The van der Waals surface area contributed by atoms with Crippen molar-refractivity contribution in [2.75, 3.05) is 10.6 Å². The Balaban J connectivity index is 0.000000276. The molecule has 0 fully saturated rings. The van der Waals surface area contributed by atoms with Gasteiger partial charge in [-0.3, -0.25) is 0 Å². The van der Waals surface area contributed by atoms with Crippen molar-refractivity contribution in [1.29, 1.82) is 0 Å². The van der Waals surface area contributed by atoms with Crippen LogP contribution in [0.2, 0.25) is 46.3 Å². The van der Waals surface area contributed by atoms with Gasteiger partial charge in [0.15, 0.2) is 8.32 Å². The van der Waals surface area contributed by atoms with Crippen molar-refractivity contribution in [3.63, 3.8) is 0 Å². The third kappa shape index (κ3) is 12.5. The maximum atomic E-state index is 10.2. The minimum absolute atomic E-state index is 0.0207. The second-order valence-electron chi connectivity index (χ2n) is 19.8. The molecule has 0 saturated carbocycles. The molecule has 0 aliphatic carbocycles. The van der Waals surface area contributed by atoms with E-state index >= 15 is 0 Å². The van der Waals surface area contributed by atoms with Crippen molar-refractivity contribution in [2.45, 2.75) is 130 Å². The van der Waals surface area contributed by atoms with Crippen molar-refractivity contribution in [3.05, 3.63) is 129 Å². The first-order chi connectivity index (χ1) is 31.7. The molecule has 0 unspecified atom stereocenters. The van der Waals surface area contributed by atoms with Crippen LogP contribution in [-0.4, -0.2) is 59.5 Å². The zero-order valence-electron chi connectivity index (χ0n) is 41.2. The van der Waals surface area contributed by atoms with Crippen LogP contribution in [-0.2, 0) is 4.43 Å². The molecule has 0 radical (unpaired) electrons. The summed E-state index contributed by atoms with van der Waals surface area (Å²) >= 11 is 12.7. The Labute approximate surface area is 412 Å². The first-order valence-corrected chi connectivity index (χ1v) is 28.7. The molecule has 4 N–H and O–H groups in total. The van der Waals surface area contributed by atoms with E-state index in [1.54, 1.807) is 50.2 Å². The van der Waals surface area contributed by atoms with Gasteiger partial charge in [0, 0.05) is 22.5 Å². The highest BCUT2D eigenvalue weighted by Gasteiger charge is 2.42. The number of hydrogen-bond donors (Lipinski definition) is 4. The van der Waals surface area contributed by atoms with E-state index in [4.69, 9.17) is 54.0 Å². The molecule has 4 atom stereocenters. The van der Waals surface area contributed by atoms with Crippen molar-refractivity contribution >= 4 is 62.6 Å². The van der Waals surface area contributed by atoms with Crippen LogP contribution in [0.25, 0.3) is 32.6 Å². The van der Waals surface area contributed by atoms with Gasteiger partial charge in [0.1, 0.15) is 23.6 Å². The molecule has 6 rings (SSSR count). The van der Waals surface area contributed by atoms with Crippen LogP contribution in [0.5, 0.6) is 11.5 Å². The molecule has 0 amide bonds. The average molecular weight is 998 g/mol. The van der Waals surface area contributed by atoms with Crippen LogP contribution in [0, 0.1) is 27.0 Å².